The van der Waals surface area contributed by atoms with Gasteiger partial charge in [-0.2, -0.15) is 12.7 Å². The maximum atomic E-state index is 14.3. The second-order valence-electron chi connectivity index (χ2n) is 6.74. The van der Waals surface area contributed by atoms with Gasteiger partial charge in [-0.15, -0.1) is 0 Å². The topological polar surface area (TPSA) is 102 Å². The normalized spacial score (nSPS) is 19.3. The summed E-state index contributed by atoms with van der Waals surface area (Å²) in [4.78, 5) is 12.2. The van der Waals surface area contributed by atoms with Crippen molar-refractivity contribution < 1.29 is 22.3 Å². The summed E-state index contributed by atoms with van der Waals surface area (Å²) in [5, 5.41) is 0.0536. The molecule has 0 bridgehead atoms. The maximum absolute atomic E-state index is 14.3. The Kier molecular flexibility index (Phi) is 5.71. The lowest BCUT2D eigenvalue weighted by molar-refractivity contribution is 0.0973. The van der Waals surface area contributed by atoms with Crippen LogP contribution in [0.1, 0.15) is 36.0 Å². The molecule has 1 heterocycles. The molecule has 1 aromatic rings. The van der Waals surface area contributed by atoms with Gasteiger partial charge < -0.3 is 10.5 Å². The molecule has 0 radical (unpaired) electrons. The van der Waals surface area contributed by atoms with E-state index in [2.05, 4.69) is 0 Å². The Labute approximate surface area is 156 Å². The van der Waals surface area contributed by atoms with Gasteiger partial charge in [-0.25, -0.2) is 9.11 Å². The Bertz CT molecular complexity index is 793. The van der Waals surface area contributed by atoms with Crippen LogP contribution in [-0.2, 0) is 10.2 Å². The smallest absolute Gasteiger partial charge is 0.304 e. The first kappa shape index (κ1) is 19.3. The Morgan fingerprint density at radius 3 is 2.62 bits per heavy atom. The number of nitrogens with two attached hydrogens (primary N) is 1. The molecule has 26 heavy (non-hydrogen) atoms. The molecule has 3 rings (SSSR count). The van der Waals surface area contributed by atoms with Crippen LogP contribution in [0.15, 0.2) is 12.1 Å². The van der Waals surface area contributed by atoms with Crippen molar-refractivity contribution in [3.63, 3.8) is 0 Å². The van der Waals surface area contributed by atoms with Crippen LogP contribution in [-0.4, -0.2) is 44.4 Å². The average Bonchev–Trinajstić information content (AvgIpc) is 3.05. The molecule has 0 aromatic heterocycles. The molecule has 7 nitrogen and oxygen atoms in total. The highest BCUT2D eigenvalue weighted by molar-refractivity contribution is 7.87. The lowest BCUT2D eigenvalue weighted by Gasteiger charge is -2.35. The van der Waals surface area contributed by atoms with Gasteiger partial charge in [0.15, 0.2) is 0 Å². The van der Waals surface area contributed by atoms with Gasteiger partial charge >= 0.3 is 10.2 Å². The molecule has 1 amide bonds. The molecule has 1 aliphatic carbocycles. The van der Waals surface area contributed by atoms with Crippen LogP contribution >= 0.6 is 11.6 Å². The van der Waals surface area contributed by atoms with Crippen LogP contribution in [0, 0.1) is 11.7 Å². The van der Waals surface area contributed by atoms with Gasteiger partial charge in [-0.1, -0.05) is 24.4 Å². The molecule has 1 aliphatic heterocycles. The maximum Gasteiger partial charge on any atom is 0.304 e. The van der Waals surface area contributed by atoms with Crippen LogP contribution in [0.3, 0.4) is 0 Å². The van der Waals surface area contributed by atoms with Crippen molar-refractivity contribution >= 4 is 27.7 Å². The Balaban J connectivity index is 1.67. The fraction of sp³-hybridized carbons (Fsp3) is 0.562. The van der Waals surface area contributed by atoms with E-state index in [0.29, 0.717) is 12.5 Å². The number of nitrogens with zero attached hydrogens (tertiary/aromatic N) is 1. The van der Waals surface area contributed by atoms with Crippen LogP contribution in [0.5, 0.6) is 5.75 Å². The number of hydrogen-bond donors (Lipinski definition) is 2. The summed E-state index contributed by atoms with van der Waals surface area (Å²) in [5.74, 6) is -1.43. The van der Waals surface area contributed by atoms with E-state index in [0.717, 1.165) is 42.1 Å². The van der Waals surface area contributed by atoms with Gasteiger partial charge in [0.1, 0.15) is 11.6 Å². The number of halogens is 2. The molecule has 1 saturated carbocycles. The van der Waals surface area contributed by atoms with E-state index in [9.17, 15) is 17.6 Å². The number of benzene rings is 1. The first-order chi connectivity index (χ1) is 12.3. The minimum Gasteiger partial charge on any atom is -0.492 e. The summed E-state index contributed by atoms with van der Waals surface area (Å²) < 4.78 is 46.7. The molecule has 0 atom stereocenters. The van der Waals surface area contributed by atoms with Crippen molar-refractivity contribution in [3.05, 3.63) is 28.5 Å². The number of amides is 1. The van der Waals surface area contributed by atoms with E-state index < -0.39 is 27.5 Å². The Morgan fingerprint density at radius 2 is 2.00 bits per heavy atom. The molecule has 144 valence electrons. The van der Waals surface area contributed by atoms with Crippen molar-refractivity contribution in [1.82, 2.24) is 9.03 Å². The van der Waals surface area contributed by atoms with Crippen LogP contribution in [0.2, 0.25) is 5.02 Å². The number of ether oxygens (including phenoxy) is 1. The first-order valence-electron chi connectivity index (χ1n) is 8.46. The Morgan fingerprint density at radius 1 is 1.35 bits per heavy atom. The summed E-state index contributed by atoms with van der Waals surface area (Å²) in [6.45, 7) is 0.661. The molecule has 2 fully saturated rings. The molecule has 0 unspecified atom stereocenters. The van der Waals surface area contributed by atoms with E-state index in [1.807, 2.05) is 4.72 Å². The van der Waals surface area contributed by atoms with Gasteiger partial charge in [0.05, 0.1) is 17.2 Å². The number of hydrogen-bond acceptors (Lipinski definition) is 5. The van der Waals surface area contributed by atoms with Crippen molar-refractivity contribution in [2.24, 2.45) is 11.7 Å². The number of nitrogens with one attached hydrogen (secondary N) is 1. The first-order valence-corrected chi connectivity index (χ1v) is 10.3. The van der Waals surface area contributed by atoms with Crippen molar-refractivity contribution in [3.8, 4) is 5.75 Å². The van der Waals surface area contributed by atoms with Crippen molar-refractivity contribution in [2.45, 2.75) is 31.7 Å². The number of carbonyl (C=O) groups excluding carboxylic acids is 1. The van der Waals surface area contributed by atoms with Gasteiger partial charge in [-0.3, -0.25) is 4.79 Å². The summed E-state index contributed by atoms with van der Waals surface area (Å²) in [5.41, 5.74) is 5.07. The molecule has 3 N–H and O–H groups in total. The third kappa shape index (κ3) is 4.28. The highest BCUT2D eigenvalue weighted by atomic mass is 35.5. The number of carbonyl (C=O) groups is 1. The molecule has 1 saturated heterocycles. The third-order valence-electron chi connectivity index (χ3n) is 4.65. The van der Waals surface area contributed by atoms with E-state index in [-0.39, 0.29) is 29.9 Å². The highest BCUT2D eigenvalue weighted by Gasteiger charge is 2.35. The molecular weight excluding hydrogens is 385 g/mol. The minimum absolute atomic E-state index is 0.0536. The van der Waals surface area contributed by atoms with Crippen LogP contribution < -0.4 is 15.2 Å². The summed E-state index contributed by atoms with van der Waals surface area (Å²) in [6, 6.07) is 1.83. The SMILES string of the molecule is NC1CN(S(=O)(=O)NC(=O)c2cc(Cl)c(OCC3CCCC3)cc2F)C1. The van der Waals surface area contributed by atoms with Crippen molar-refractivity contribution in [2.75, 3.05) is 19.7 Å². The second kappa shape index (κ2) is 7.67. The largest absolute Gasteiger partial charge is 0.492 e. The van der Waals surface area contributed by atoms with Crippen LogP contribution in [0.25, 0.3) is 0 Å². The zero-order valence-corrected chi connectivity index (χ0v) is 15.7. The average molecular weight is 406 g/mol. The lowest BCUT2D eigenvalue weighted by Crippen LogP contribution is -2.60. The van der Waals surface area contributed by atoms with E-state index in [1.165, 1.54) is 0 Å². The van der Waals surface area contributed by atoms with Gasteiger partial charge in [0.25, 0.3) is 5.91 Å². The van der Waals surface area contributed by atoms with Gasteiger partial charge in [-0.05, 0) is 24.8 Å². The monoisotopic (exact) mass is 405 g/mol. The van der Waals surface area contributed by atoms with Crippen molar-refractivity contribution in [1.29, 1.82) is 0 Å². The lowest BCUT2D eigenvalue weighted by atomic mass is 10.1. The van der Waals surface area contributed by atoms with Crippen LogP contribution in [0.4, 0.5) is 4.39 Å². The van der Waals surface area contributed by atoms with Gasteiger partial charge in [0, 0.05) is 25.2 Å². The summed E-state index contributed by atoms with van der Waals surface area (Å²) >= 11 is 6.07. The molecule has 2 aliphatic rings. The summed E-state index contributed by atoms with van der Waals surface area (Å²) in [6.07, 6.45) is 4.45. The van der Waals surface area contributed by atoms with Gasteiger partial charge in [0.2, 0.25) is 0 Å². The Hall–Kier alpha value is -1.42. The predicted molar refractivity (Wildman–Crippen MR) is 94.8 cm³/mol. The molecule has 10 heteroatoms. The molecule has 1 aromatic carbocycles. The van der Waals surface area contributed by atoms with E-state index in [4.69, 9.17) is 22.1 Å². The zero-order chi connectivity index (χ0) is 18.9. The number of rotatable bonds is 6. The standard InChI is InChI=1S/C16H21ClFN3O4S/c17-13-5-12(16(22)20-26(23,24)21-7-11(19)8-21)14(18)6-15(13)25-9-10-3-1-2-4-10/h5-6,10-11H,1-4,7-9,19H2,(H,20,22). The fourth-order valence-electron chi connectivity index (χ4n) is 3.10. The fourth-order valence-corrected chi connectivity index (χ4v) is 4.57. The quantitative estimate of drug-likeness (QED) is 0.749. The third-order valence-corrected chi connectivity index (χ3v) is 6.37. The highest BCUT2D eigenvalue weighted by Crippen LogP contribution is 2.31. The zero-order valence-electron chi connectivity index (χ0n) is 14.1. The second-order valence-corrected chi connectivity index (χ2v) is 8.82. The summed E-state index contributed by atoms with van der Waals surface area (Å²) in [7, 11) is -4.05. The minimum atomic E-state index is -4.05. The van der Waals surface area contributed by atoms with E-state index >= 15 is 0 Å². The van der Waals surface area contributed by atoms with E-state index in [1.54, 1.807) is 0 Å². The predicted octanol–water partition coefficient (Wildman–Crippen LogP) is 1.67. The molecule has 0 spiro atoms. The molecular formula is C16H21ClFN3O4S.